The Labute approximate surface area is 147 Å². The Morgan fingerprint density at radius 3 is 3.04 bits per heavy atom. The van der Waals surface area contributed by atoms with E-state index in [1.165, 1.54) is 11.3 Å². The van der Waals surface area contributed by atoms with Crippen LogP contribution in [0.4, 0.5) is 4.79 Å². The van der Waals surface area contributed by atoms with Crippen LogP contribution in [0.3, 0.4) is 0 Å². The number of methoxy groups -OCH3 is 1. The molecule has 2 heterocycles. The number of rotatable bonds is 6. The van der Waals surface area contributed by atoms with Gasteiger partial charge in [-0.3, -0.25) is 14.9 Å². The highest BCUT2D eigenvalue weighted by atomic mass is 32.1. The van der Waals surface area contributed by atoms with Crippen molar-refractivity contribution in [2.45, 2.75) is 12.6 Å². The molecule has 1 aromatic heterocycles. The van der Waals surface area contributed by atoms with Gasteiger partial charge in [0.1, 0.15) is 16.8 Å². The van der Waals surface area contributed by atoms with Crippen LogP contribution in [0.5, 0.6) is 5.75 Å². The molecular formula is C16H16N4O4S. The molecule has 2 aromatic rings. The minimum atomic E-state index is -0.638. The number of carbonyl (C=O) groups excluding carboxylic acids is 3. The Kier molecular flexibility index (Phi) is 4.94. The molecule has 1 aromatic carbocycles. The number of benzene rings is 1. The van der Waals surface area contributed by atoms with Gasteiger partial charge < -0.3 is 15.0 Å². The fourth-order valence-electron chi connectivity index (χ4n) is 2.68. The molecule has 25 heavy (non-hydrogen) atoms. The molecule has 3 rings (SSSR count). The topological polar surface area (TPSA) is 101 Å². The molecule has 2 N–H and O–H groups in total. The second-order valence-electron chi connectivity index (χ2n) is 5.37. The highest BCUT2D eigenvalue weighted by Gasteiger charge is 2.31. The number of imide groups is 1. The van der Waals surface area contributed by atoms with E-state index in [2.05, 4.69) is 10.3 Å². The molecule has 0 bridgehead atoms. The minimum Gasteiger partial charge on any atom is -0.497 e. The molecule has 130 valence electrons. The van der Waals surface area contributed by atoms with E-state index in [4.69, 9.17) is 4.74 Å². The van der Waals surface area contributed by atoms with Crippen molar-refractivity contribution in [1.82, 2.24) is 20.5 Å². The summed E-state index contributed by atoms with van der Waals surface area (Å²) in [5, 5.41) is 7.14. The summed E-state index contributed by atoms with van der Waals surface area (Å²) in [7, 11) is 1.55. The Hall–Kier alpha value is -2.94. The molecule has 0 unspecified atom stereocenters. The number of hydrogen-bond acceptors (Lipinski definition) is 6. The number of amides is 4. The van der Waals surface area contributed by atoms with Crippen LogP contribution in [-0.4, -0.2) is 41.9 Å². The van der Waals surface area contributed by atoms with E-state index in [0.717, 1.165) is 5.56 Å². The fraction of sp³-hybridized carbons (Fsp3) is 0.250. The maximum Gasteiger partial charge on any atom is 0.321 e. The van der Waals surface area contributed by atoms with Crippen LogP contribution >= 0.6 is 11.3 Å². The number of thiazole rings is 1. The van der Waals surface area contributed by atoms with Crippen LogP contribution in [0, 0.1) is 0 Å². The monoisotopic (exact) mass is 360 g/mol. The second-order valence-corrected chi connectivity index (χ2v) is 6.29. The molecule has 1 atom stereocenters. The first-order valence-electron chi connectivity index (χ1n) is 7.48. The van der Waals surface area contributed by atoms with Gasteiger partial charge >= 0.3 is 6.03 Å². The highest BCUT2D eigenvalue weighted by molar-refractivity contribution is 7.09. The average molecular weight is 360 g/mol. The number of hydrogen-bond donors (Lipinski definition) is 2. The second kappa shape index (κ2) is 7.31. The predicted octanol–water partition coefficient (Wildman–Crippen LogP) is 1.30. The van der Waals surface area contributed by atoms with Gasteiger partial charge in [0.05, 0.1) is 7.11 Å². The molecule has 1 aliphatic heterocycles. The maximum absolute atomic E-state index is 12.7. The van der Waals surface area contributed by atoms with Crippen molar-refractivity contribution in [1.29, 1.82) is 0 Å². The molecule has 0 aliphatic carbocycles. The summed E-state index contributed by atoms with van der Waals surface area (Å²) in [5.41, 5.74) is 1.50. The Balaban J connectivity index is 1.77. The van der Waals surface area contributed by atoms with Gasteiger partial charge in [-0.15, -0.1) is 11.3 Å². The van der Waals surface area contributed by atoms with Gasteiger partial charge in [0, 0.05) is 30.2 Å². The number of fused-ring (bicyclic) bond motifs is 1. The lowest BCUT2D eigenvalue weighted by molar-refractivity contribution is -0.108. The van der Waals surface area contributed by atoms with Gasteiger partial charge in [-0.05, 0) is 17.7 Å². The number of urea groups is 1. The Morgan fingerprint density at radius 2 is 2.36 bits per heavy atom. The lowest BCUT2D eigenvalue weighted by Crippen LogP contribution is -2.42. The van der Waals surface area contributed by atoms with E-state index in [0.29, 0.717) is 29.3 Å². The Morgan fingerprint density at radius 1 is 1.52 bits per heavy atom. The Bertz CT molecular complexity index is 793. The number of carbonyl (C=O) groups is 3. The average Bonchev–Trinajstić information content (AvgIpc) is 3.23. The first-order valence-corrected chi connectivity index (χ1v) is 8.36. The van der Waals surface area contributed by atoms with Crippen LogP contribution in [0.15, 0.2) is 29.8 Å². The molecular weight excluding hydrogens is 344 g/mol. The summed E-state index contributed by atoms with van der Waals surface area (Å²) >= 11 is 1.37. The zero-order valence-electron chi connectivity index (χ0n) is 13.4. The van der Waals surface area contributed by atoms with Crippen LogP contribution in [0.2, 0.25) is 0 Å². The molecule has 9 heteroatoms. The third-order valence-electron chi connectivity index (χ3n) is 3.84. The van der Waals surface area contributed by atoms with Crippen LogP contribution in [0.1, 0.15) is 27.0 Å². The van der Waals surface area contributed by atoms with Gasteiger partial charge in [-0.1, -0.05) is 6.07 Å². The molecule has 0 saturated carbocycles. The van der Waals surface area contributed by atoms with Crippen molar-refractivity contribution in [2.24, 2.45) is 0 Å². The smallest absolute Gasteiger partial charge is 0.321 e. The molecule has 0 spiro atoms. The minimum absolute atomic E-state index is 0.131. The van der Waals surface area contributed by atoms with E-state index in [-0.39, 0.29) is 12.5 Å². The highest BCUT2D eigenvalue weighted by Crippen LogP contribution is 2.28. The molecule has 4 amide bonds. The summed E-state index contributed by atoms with van der Waals surface area (Å²) in [5.74, 6) is 0.488. The van der Waals surface area contributed by atoms with E-state index in [1.807, 2.05) is 17.4 Å². The lowest BCUT2D eigenvalue weighted by atomic mass is 10.1. The standard InChI is InChI=1S/C16H16N4O4S/c1-24-11-3-2-10-7-20(15(22)12(10)6-11)8-13(14-17-4-5-25-14)19-16(23)18-9-21/h2-6,9,13H,7-8H2,1H3,(H2,18,19,21,23)/t13-/m0/s1. The quantitative estimate of drug-likeness (QED) is 0.757. The molecule has 0 fully saturated rings. The normalized spacial score (nSPS) is 14.0. The SMILES string of the molecule is COc1ccc2c(c1)C(=O)N(C[C@H](NC(=O)NC=O)c1nccs1)C2. The first kappa shape index (κ1) is 16.9. The van der Waals surface area contributed by atoms with E-state index in [1.54, 1.807) is 29.7 Å². The van der Waals surface area contributed by atoms with E-state index < -0.39 is 12.1 Å². The molecule has 1 aliphatic rings. The van der Waals surface area contributed by atoms with Crippen molar-refractivity contribution >= 4 is 29.7 Å². The summed E-state index contributed by atoms with van der Waals surface area (Å²) in [4.78, 5) is 40.6. The van der Waals surface area contributed by atoms with Crippen LogP contribution in [0.25, 0.3) is 0 Å². The van der Waals surface area contributed by atoms with Crippen LogP contribution in [-0.2, 0) is 11.3 Å². The van der Waals surface area contributed by atoms with Gasteiger partial charge in [0.2, 0.25) is 6.41 Å². The summed E-state index contributed by atoms with van der Waals surface area (Å²) in [6, 6.07) is 4.23. The van der Waals surface area contributed by atoms with Gasteiger partial charge in [-0.2, -0.15) is 0 Å². The van der Waals surface area contributed by atoms with Crippen molar-refractivity contribution in [2.75, 3.05) is 13.7 Å². The molecule has 8 nitrogen and oxygen atoms in total. The van der Waals surface area contributed by atoms with Crippen molar-refractivity contribution in [3.05, 3.63) is 45.9 Å². The zero-order chi connectivity index (χ0) is 17.8. The molecule has 0 saturated heterocycles. The largest absolute Gasteiger partial charge is 0.497 e. The van der Waals surface area contributed by atoms with Gasteiger partial charge in [0.25, 0.3) is 5.91 Å². The number of nitrogens with one attached hydrogen (secondary N) is 2. The van der Waals surface area contributed by atoms with E-state index in [9.17, 15) is 14.4 Å². The number of ether oxygens (including phenoxy) is 1. The third kappa shape index (κ3) is 3.61. The van der Waals surface area contributed by atoms with Crippen molar-refractivity contribution < 1.29 is 19.1 Å². The van der Waals surface area contributed by atoms with Gasteiger partial charge in [0.15, 0.2) is 0 Å². The van der Waals surface area contributed by atoms with E-state index >= 15 is 0 Å². The van der Waals surface area contributed by atoms with Crippen molar-refractivity contribution in [3.8, 4) is 5.75 Å². The number of nitrogens with zero attached hydrogens (tertiary/aromatic N) is 2. The molecule has 0 radical (unpaired) electrons. The summed E-state index contributed by atoms with van der Waals surface area (Å²) < 4.78 is 5.17. The third-order valence-corrected chi connectivity index (χ3v) is 4.73. The van der Waals surface area contributed by atoms with Crippen LogP contribution < -0.4 is 15.4 Å². The van der Waals surface area contributed by atoms with Crippen molar-refractivity contribution in [3.63, 3.8) is 0 Å². The predicted molar refractivity (Wildman–Crippen MR) is 90.3 cm³/mol. The maximum atomic E-state index is 12.7. The summed E-state index contributed by atoms with van der Waals surface area (Å²) in [6.07, 6.45) is 1.93. The summed E-state index contributed by atoms with van der Waals surface area (Å²) in [6.45, 7) is 0.687. The first-order chi connectivity index (χ1) is 12.1. The zero-order valence-corrected chi connectivity index (χ0v) is 14.2. The lowest BCUT2D eigenvalue weighted by Gasteiger charge is -2.23. The number of aromatic nitrogens is 1. The van der Waals surface area contributed by atoms with Gasteiger partial charge in [-0.25, -0.2) is 9.78 Å². The fourth-order valence-corrected chi connectivity index (χ4v) is 3.36.